The van der Waals surface area contributed by atoms with Crippen LogP contribution in [-0.4, -0.2) is 30.3 Å². The molecule has 0 aliphatic carbocycles. The minimum atomic E-state index is -3.14. The monoisotopic (exact) mass is 288 g/mol. The summed E-state index contributed by atoms with van der Waals surface area (Å²) in [5.41, 5.74) is -0.148. The average molecular weight is 288 g/mol. The maximum atomic E-state index is 12.4. The quantitative estimate of drug-likeness (QED) is 0.780. The van der Waals surface area contributed by atoms with Gasteiger partial charge in [-0.25, -0.2) is 4.79 Å². The van der Waals surface area contributed by atoms with Crippen LogP contribution in [0.25, 0.3) is 0 Å². The van der Waals surface area contributed by atoms with Crippen LogP contribution < -0.4 is 4.74 Å². The first-order chi connectivity index (χ1) is 9.45. The van der Waals surface area contributed by atoms with Gasteiger partial charge in [-0.1, -0.05) is 12.1 Å². The Bertz CT molecular complexity index is 488. The maximum absolute atomic E-state index is 12.4. The highest BCUT2D eigenvalue weighted by molar-refractivity contribution is 5.91. The predicted octanol–water partition coefficient (Wildman–Crippen LogP) is 2.48. The number of benzene rings is 1. The molecule has 110 valence electrons. The molecule has 0 unspecified atom stereocenters. The Kier molecular flexibility index (Phi) is 5.89. The second-order valence-corrected chi connectivity index (χ2v) is 3.78. The second-order valence-electron chi connectivity index (χ2n) is 3.78. The average Bonchev–Trinajstić information content (AvgIpc) is 2.36. The van der Waals surface area contributed by atoms with Crippen LogP contribution in [0.2, 0.25) is 0 Å². The predicted molar refractivity (Wildman–Crippen MR) is 65.0 cm³/mol. The van der Waals surface area contributed by atoms with Gasteiger partial charge in [0.25, 0.3) is 0 Å². The lowest BCUT2D eigenvalue weighted by Gasteiger charge is -2.13. The Hall–Kier alpha value is -2.18. The van der Waals surface area contributed by atoms with E-state index < -0.39 is 24.3 Å². The molecule has 1 aromatic rings. The third-order valence-electron chi connectivity index (χ3n) is 2.44. The smallest absolute Gasteiger partial charge is 0.387 e. The molecule has 0 aliphatic rings. The van der Waals surface area contributed by atoms with Crippen molar-refractivity contribution in [2.24, 2.45) is 0 Å². The Morgan fingerprint density at radius 3 is 2.60 bits per heavy atom. The Morgan fingerprint density at radius 2 is 2.05 bits per heavy atom. The van der Waals surface area contributed by atoms with E-state index in [1.54, 1.807) is 6.92 Å². The fraction of sp³-hybridized carbons (Fsp3) is 0.385. The van der Waals surface area contributed by atoms with E-state index in [0.717, 1.165) is 6.07 Å². The summed E-state index contributed by atoms with van der Waals surface area (Å²) in [6.45, 7) is -1.28. The minimum Gasteiger partial charge on any atom is -0.478 e. The van der Waals surface area contributed by atoms with E-state index in [4.69, 9.17) is 9.84 Å². The van der Waals surface area contributed by atoms with Crippen molar-refractivity contribution in [2.75, 3.05) is 6.61 Å². The minimum absolute atomic E-state index is 0.0451. The number of ether oxygens (including phenoxy) is 2. The van der Waals surface area contributed by atoms with Gasteiger partial charge in [-0.15, -0.1) is 0 Å². The van der Waals surface area contributed by atoms with Crippen molar-refractivity contribution in [3.8, 4) is 5.75 Å². The first-order valence-electron chi connectivity index (χ1n) is 5.91. The molecule has 5 nitrogen and oxygen atoms in total. The number of alkyl halides is 2. The number of aryl methyl sites for hydroxylation is 1. The van der Waals surface area contributed by atoms with Crippen molar-refractivity contribution in [1.29, 1.82) is 0 Å². The number of carboxylic acids is 1. The molecule has 0 bridgehead atoms. The summed E-state index contributed by atoms with van der Waals surface area (Å²) in [4.78, 5) is 22.2. The van der Waals surface area contributed by atoms with E-state index in [0.29, 0.717) is 0 Å². The van der Waals surface area contributed by atoms with Gasteiger partial charge in [0.05, 0.1) is 6.61 Å². The number of hydrogen-bond donors (Lipinski definition) is 1. The number of halogens is 2. The lowest BCUT2D eigenvalue weighted by molar-refractivity contribution is -0.143. The summed E-state index contributed by atoms with van der Waals surface area (Å²) < 4.78 is 33.7. The standard InChI is InChI=1S/C13H14F2O5/c1-2-19-10(16)7-6-8-4-3-5-9(12(17)18)11(8)20-13(14)15/h3-5,13H,2,6-7H2,1H3,(H,17,18). The third kappa shape index (κ3) is 4.49. The highest BCUT2D eigenvalue weighted by atomic mass is 19.3. The lowest BCUT2D eigenvalue weighted by Crippen LogP contribution is -2.11. The highest BCUT2D eigenvalue weighted by Crippen LogP contribution is 2.27. The van der Waals surface area contributed by atoms with E-state index in [-0.39, 0.29) is 30.6 Å². The van der Waals surface area contributed by atoms with Gasteiger partial charge in [-0.2, -0.15) is 8.78 Å². The van der Waals surface area contributed by atoms with Gasteiger partial charge in [0.1, 0.15) is 11.3 Å². The summed E-state index contributed by atoms with van der Waals surface area (Å²) in [7, 11) is 0. The molecule has 1 N–H and O–H groups in total. The van der Waals surface area contributed by atoms with Crippen LogP contribution in [-0.2, 0) is 16.0 Å². The van der Waals surface area contributed by atoms with Crippen LogP contribution >= 0.6 is 0 Å². The van der Waals surface area contributed by atoms with Gasteiger partial charge in [-0.05, 0) is 25.0 Å². The second kappa shape index (κ2) is 7.42. The summed E-state index contributed by atoms with van der Waals surface area (Å²) in [5.74, 6) is -2.28. The molecule has 0 saturated heterocycles. The normalized spacial score (nSPS) is 10.4. The largest absolute Gasteiger partial charge is 0.478 e. The van der Waals surface area contributed by atoms with Crippen molar-refractivity contribution >= 4 is 11.9 Å². The molecular formula is C13H14F2O5. The van der Waals surface area contributed by atoms with Gasteiger partial charge in [0.15, 0.2) is 0 Å². The van der Waals surface area contributed by atoms with Gasteiger partial charge < -0.3 is 14.6 Å². The summed E-state index contributed by atoms with van der Waals surface area (Å²) in [5, 5.41) is 8.95. The molecule has 0 amide bonds. The van der Waals surface area contributed by atoms with Crippen LogP contribution in [0, 0.1) is 0 Å². The Balaban J connectivity index is 2.96. The number of hydrogen-bond acceptors (Lipinski definition) is 4. The number of carbonyl (C=O) groups excluding carboxylic acids is 1. The molecule has 0 aromatic heterocycles. The van der Waals surface area contributed by atoms with Gasteiger partial charge in [0.2, 0.25) is 0 Å². The van der Waals surface area contributed by atoms with Crippen molar-refractivity contribution in [3.63, 3.8) is 0 Å². The van der Waals surface area contributed by atoms with Crippen LogP contribution in [0.1, 0.15) is 29.3 Å². The van der Waals surface area contributed by atoms with E-state index in [2.05, 4.69) is 4.74 Å². The summed E-state index contributed by atoms with van der Waals surface area (Å²) in [6.07, 6.45) is 0.0124. The van der Waals surface area contributed by atoms with E-state index >= 15 is 0 Å². The molecule has 0 aliphatic heterocycles. The molecule has 20 heavy (non-hydrogen) atoms. The number of esters is 1. The molecule has 0 saturated carbocycles. The molecule has 7 heteroatoms. The Morgan fingerprint density at radius 1 is 1.35 bits per heavy atom. The molecule has 1 aromatic carbocycles. The number of carboxylic acid groups (broad SMARTS) is 1. The molecule has 1 rings (SSSR count). The zero-order chi connectivity index (χ0) is 15.1. The lowest BCUT2D eigenvalue weighted by atomic mass is 10.0. The number of aromatic carboxylic acids is 1. The van der Waals surface area contributed by atoms with E-state index in [1.807, 2.05) is 0 Å². The number of carbonyl (C=O) groups is 2. The number of rotatable bonds is 7. The van der Waals surface area contributed by atoms with Gasteiger partial charge in [-0.3, -0.25) is 4.79 Å². The van der Waals surface area contributed by atoms with E-state index in [1.165, 1.54) is 12.1 Å². The first kappa shape index (κ1) is 15.9. The first-order valence-corrected chi connectivity index (χ1v) is 5.91. The van der Waals surface area contributed by atoms with Crippen molar-refractivity contribution in [3.05, 3.63) is 29.3 Å². The fourth-order valence-electron chi connectivity index (χ4n) is 1.65. The topological polar surface area (TPSA) is 72.8 Å². The maximum Gasteiger partial charge on any atom is 0.387 e. The summed E-state index contributed by atoms with van der Waals surface area (Å²) in [6, 6.07) is 4.00. The van der Waals surface area contributed by atoms with Gasteiger partial charge >= 0.3 is 18.6 Å². The zero-order valence-electron chi connectivity index (χ0n) is 10.8. The van der Waals surface area contributed by atoms with Crippen LogP contribution in [0.5, 0.6) is 5.75 Å². The highest BCUT2D eigenvalue weighted by Gasteiger charge is 2.19. The van der Waals surface area contributed by atoms with Gasteiger partial charge in [0, 0.05) is 6.42 Å². The molecular weight excluding hydrogens is 274 g/mol. The van der Waals surface area contributed by atoms with E-state index in [9.17, 15) is 18.4 Å². The molecule has 0 spiro atoms. The molecule has 0 radical (unpaired) electrons. The fourth-order valence-corrected chi connectivity index (χ4v) is 1.65. The van der Waals surface area contributed by atoms with Crippen LogP contribution in [0.15, 0.2) is 18.2 Å². The molecule has 0 heterocycles. The van der Waals surface area contributed by atoms with Crippen molar-refractivity contribution in [1.82, 2.24) is 0 Å². The SMILES string of the molecule is CCOC(=O)CCc1cccc(C(=O)O)c1OC(F)F. The number of para-hydroxylation sites is 1. The zero-order valence-corrected chi connectivity index (χ0v) is 10.8. The molecule has 0 fully saturated rings. The molecule has 0 atom stereocenters. The van der Waals surface area contributed by atoms with Crippen molar-refractivity contribution in [2.45, 2.75) is 26.4 Å². The summed E-state index contributed by atoms with van der Waals surface area (Å²) >= 11 is 0. The van der Waals surface area contributed by atoms with Crippen LogP contribution in [0.4, 0.5) is 8.78 Å². The van der Waals surface area contributed by atoms with Crippen molar-refractivity contribution < 1.29 is 33.0 Å². The Labute approximate surface area is 114 Å². The van der Waals surface area contributed by atoms with Crippen LogP contribution in [0.3, 0.4) is 0 Å². The third-order valence-corrected chi connectivity index (χ3v) is 2.44.